The molecule has 0 fully saturated rings. The molecule has 0 aromatic carbocycles. The molecule has 0 rings (SSSR count). The summed E-state index contributed by atoms with van der Waals surface area (Å²) < 4.78 is 0. The van der Waals surface area contributed by atoms with Gasteiger partial charge in [0.2, 0.25) is 11.8 Å². The van der Waals surface area contributed by atoms with Gasteiger partial charge in [0, 0.05) is 13.1 Å². The molecule has 23 heavy (non-hydrogen) atoms. The lowest BCUT2D eigenvalue weighted by Gasteiger charge is -2.20. The van der Waals surface area contributed by atoms with Crippen LogP contribution in [0, 0.1) is 0 Å². The smallest absolute Gasteiger partial charge is 0.242 e. The van der Waals surface area contributed by atoms with Crippen molar-refractivity contribution >= 4 is 11.8 Å². The lowest BCUT2D eigenvalue weighted by atomic mass is 10.1. The quantitative estimate of drug-likeness (QED) is 0.226. The second-order valence-electron chi connectivity index (χ2n) is 5.20. The van der Waals surface area contributed by atoms with E-state index in [0.717, 1.165) is 13.0 Å². The second kappa shape index (κ2) is 15.7. The van der Waals surface area contributed by atoms with E-state index in [4.69, 9.17) is 5.73 Å². The van der Waals surface area contributed by atoms with Crippen LogP contribution in [-0.2, 0) is 9.59 Å². The van der Waals surface area contributed by atoms with Gasteiger partial charge in [-0.15, -0.1) is 0 Å². The van der Waals surface area contributed by atoms with Crippen LogP contribution in [0.2, 0.25) is 0 Å². The van der Waals surface area contributed by atoms with Crippen LogP contribution in [0.15, 0.2) is 0 Å². The zero-order valence-electron chi connectivity index (χ0n) is 14.0. The molecule has 0 aliphatic heterocycles. The van der Waals surface area contributed by atoms with Gasteiger partial charge in [-0.05, 0) is 53.5 Å². The number of rotatable bonds is 13. The van der Waals surface area contributed by atoms with Crippen LogP contribution in [0.25, 0.3) is 0 Å². The predicted octanol–water partition coefficient (Wildman–Crippen LogP) is -1.62. The maximum atomic E-state index is 12.1. The fourth-order valence-electron chi connectivity index (χ4n) is 1.90. The standard InChI is InChI=1S/C14H32N6O2.CH4/c1-16-7-4-5-11(15)13(21)20-12(6-8-17-2)14(22)19-10-9-18-3;/h11-12,16-18H,4-10,15H2,1-3H3,(H,19,22)(H,20,21);1H4/t11-,12-;/m0./s1. The van der Waals surface area contributed by atoms with Gasteiger partial charge in [0.15, 0.2) is 0 Å². The Morgan fingerprint density at radius 1 is 0.870 bits per heavy atom. The molecule has 138 valence electrons. The zero-order chi connectivity index (χ0) is 16.8. The molecule has 8 nitrogen and oxygen atoms in total. The molecule has 0 spiro atoms. The fourth-order valence-corrected chi connectivity index (χ4v) is 1.90. The highest BCUT2D eigenvalue weighted by atomic mass is 16.2. The van der Waals surface area contributed by atoms with Crippen LogP contribution in [0.5, 0.6) is 0 Å². The van der Waals surface area contributed by atoms with Crippen molar-refractivity contribution < 1.29 is 9.59 Å². The summed E-state index contributed by atoms with van der Waals surface area (Å²) in [7, 11) is 5.48. The average molecular weight is 332 g/mol. The van der Waals surface area contributed by atoms with Gasteiger partial charge in [0.05, 0.1) is 6.04 Å². The highest BCUT2D eigenvalue weighted by molar-refractivity contribution is 5.89. The number of hydrogen-bond donors (Lipinski definition) is 6. The lowest BCUT2D eigenvalue weighted by molar-refractivity contribution is -0.129. The molecule has 0 aromatic rings. The minimum Gasteiger partial charge on any atom is -0.353 e. The van der Waals surface area contributed by atoms with Crippen molar-refractivity contribution in [3.63, 3.8) is 0 Å². The molecular weight excluding hydrogens is 296 g/mol. The molecule has 0 saturated carbocycles. The number of amides is 2. The SMILES string of the molecule is C.CNCCC[C@H](N)C(=O)N[C@@H](CCNC)C(=O)NCCNC. The van der Waals surface area contributed by atoms with E-state index in [1.54, 1.807) is 7.05 Å². The monoisotopic (exact) mass is 332 g/mol. The van der Waals surface area contributed by atoms with Gasteiger partial charge in [0.1, 0.15) is 6.04 Å². The summed E-state index contributed by atoms with van der Waals surface area (Å²) in [5.74, 6) is -0.456. The Morgan fingerprint density at radius 3 is 2.04 bits per heavy atom. The van der Waals surface area contributed by atoms with Crippen LogP contribution in [0.3, 0.4) is 0 Å². The third-order valence-corrected chi connectivity index (χ3v) is 3.27. The largest absolute Gasteiger partial charge is 0.353 e. The van der Waals surface area contributed by atoms with Crippen molar-refractivity contribution in [2.24, 2.45) is 5.73 Å². The Balaban J connectivity index is 0. The molecule has 0 heterocycles. The van der Waals surface area contributed by atoms with Gasteiger partial charge in [-0.3, -0.25) is 9.59 Å². The minimum atomic E-state index is -0.587. The first-order valence-electron chi connectivity index (χ1n) is 7.84. The highest BCUT2D eigenvalue weighted by Crippen LogP contribution is 1.97. The molecular formula is C15H36N6O2. The summed E-state index contributed by atoms with van der Waals surface area (Å²) in [4.78, 5) is 24.2. The maximum absolute atomic E-state index is 12.1. The number of nitrogens with one attached hydrogen (secondary N) is 5. The van der Waals surface area contributed by atoms with Crippen LogP contribution >= 0.6 is 0 Å². The fraction of sp³-hybridized carbons (Fsp3) is 0.867. The van der Waals surface area contributed by atoms with E-state index in [2.05, 4.69) is 26.6 Å². The van der Waals surface area contributed by atoms with E-state index in [9.17, 15) is 9.59 Å². The normalized spacial score (nSPS) is 12.9. The van der Waals surface area contributed by atoms with E-state index in [0.29, 0.717) is 32.5 Å². The van der Waals surface area contributed by atoms with E-state index in [1.165, 1.54) is 0 Å². The van der Waals surface area contributed by atoms with Gasteiger partial charge in [-0.25, -0.2) is 0 Å². The molecule has 2 amide bonds. The average Bonchev–Trinajstić information content (AvgIpc) is 2.51. The van der Waals surface area contributed by atoms with Crippen molar-refractivity contribution in [2.45, 2.75) is 38.8 Å². The molecule has 2 atom stereocenters. The van der Waals surface area contributed by atoms with E-state index >= 15 is 0 Å². The molecule has 0 aliphatic carbocycles. The molecule has 7 N–H and O–H groups in total. The minimum absolute atomic E-state index is 0. The summed E-state index contributed by atoms with van der Waals surface area (Å²) >= 11 is 0. The Labute approximate surface area is 140 Å². The molecule has 0 aromatic heterocycles. The van der Waals surface area contributed by atoms with E-state index in [1.807, 2.05) is 14.1 Å². The topological polar surface area (TPSA) is 120 Å². The zero-order valence-corrected chi connectivity index (χ0v) is 14.0. The maximum Gasteiger partial charge on any atom is 0.242 e. The second-order valence-corrected chi connectivity index (χ2v) is 5.20. The van der Waals surface area contributed by atoms with E-state index in [-0.39, 0.29) is 19.2 Å². The first-order chi connectivity index (χ1) is 10.6. The molecule has 0 bridgehead atoms. The molecule has 8 heteroatoms. The lowest BCUT2D eigenvalue weighted by Crippen LogP contribution is -2.53. The summed E-state index contributed by atoms with van der Waals surface area (Å²) in [5, 5.41) is 14.5. The van der Waals surface area contributed by atoms with E-state index < -0.39 is 12.1 Å². The van der Waals surface area contributed by atoms with Gasteiger partial charge in [-0.2, -0.15) is 0 Å². The summed E-state index contributed by atoms with van der Waals surface area (Å²) in [5.41, 5.74) is 5.86. The Bertz CT molecular complexity index is 314. The van der Waals surface area contributed by atoms with Crippen molar-refractivity contribution in [1.29, 1.82) is 0 Å². The number of nitrogens with two attached hydrogens (primary N) is 1. The number of carbonyl (C=O) groups excluding carboxylic acids is 2. The highest BCUT2D eigenvalue weighted by Gasteiger charge is 2.22. The summed E-state index contributed by atoms with van der Waals surface area (Å²) in [6.45, 7) is 2.66. The van der Waals surface area contributed by atoms with Crippen molar-refractivity contribution in [1.82, 2.24) is 26.6 Å². The van der Waals surface area contributed by atoms with Gasteiger partial charge in [0.25, 0.3) is 0 Å². The summed E-state index contributed by atoms with van der Waals surface area (Å²) in [6, 6.07) is -1.15. The van der Waals surface area contributed by atoms with Crippen LogP contribution < -0.4 is 32.3 Å². The summed E-state index contributed by atoms with van der Waals surface area (Å²) in [6.07, 6.45) is 1.93. The number of carbonyl (C=O) groups is 2. The van der Waals surface area contributed by atoms with Crippen molar-refractivity contribution in [2.75, 3.05) is 47.3 Å². The number of likely N-dealkylation sites (N-methyl/N-ethyl adjacent to an activating group) is 1. The molecule has 0 aliphatic rings. The first kappa shape index (κ1) is 24.0. The van der Waals surface area contributed by atoms with Crippen LogP contribution in [-0.4, -0.2) is 71.2 Å². The molecule has 0 unspecified atom stereocenters. The van der Waals surface area contributed by atoms with Crippen LogP contribution in [0.4, 0.5) is 0 Å². The van der Waals surface area contributed by atoms with Gasteiger partial charge >= 0.3 is 0 Å². The van der Waals surface area contributed by atoms with Gasteiger partial charge < -0.3 is 32.3 Å². The predicted molar refractivity (Wildman–Crippen MR) is 95.3 cm³/mol. The molecule has 0 radical (unpaired) electrons. The Hall–Kier alpha value is -1.22. The van der Waals surface area contributed by atoms with Crippen molar-refractivity contribution in [3.8, 4) is 0 Å². The number of hydrogen-bond acceptors (Lipinski definition) is 6. The third kappa shape index (κ3) is 11.9. The Morgan fingerprint density at radius 2 is 1.48 bits per heavy atom. The third-order valence-electron chi connectivity index (χ3n) is 3.27. The Kier molecular flexibility index (Phi) is 16.4. The molecule has 0 saturated heterocycles. The first-order valence-corrected chi connectivity index (χ1v) is 7.84. The van der Waals surface area contributed by atoms with Gasteiger partial charge in [-0.1, -0.05) is 7.43 Å². The van der Waals surface area contributed by atoms with Crippen molar-refractivity contribution in [3.05, 3.63) is 0 Å². The van der Waals surface area contributed by atoms with Crippen LogP contribution in [0.1, 0.15) is 26.7 Å².